The lowest BCUT2D eigenvalue weighted by molar-refractivity contribution is 0.0941. The van der Waals surface area contributed by atoms with Crippen molar-refractivity contribution in [3.05, 3.63) is 58.4 Å². The SMILES string of the molecule is CC(C)NC(=O)c1ccc(Cl)c(NC(=O)c2ccc3nc(C(F)F)[nH]c3c2)c1. The first-order valence-corrected chi connectivity index (χ1v) is 8.82. The lowest BCUT2D eigenvalue weighted by Crippen LogP contribution is -2.30. The van der Waals surface area contributed by atoms with Gasteiger partial charge in [0.05, 0.1) is 21.7 Å². The Balaban J connectivity index is 1.84. The molecule has 0 fully saturated rings. The largest absolute Gasteiger partial charge is 0.350 e. The number of nitrogens with zero attached hydrogens (tertiary/aromatic N) is 1. The molecule has 0 saturated heterocycles. The topological polar surface area (TPSA) is 86.9 Å². The number of hydrogen-bond donors (Lipinski definition) is 3. The number of anilines is 1. The number of fused-ring (bicyclic) bond motifs is 1. The predicted molar refractivity (Wildman–Crippen MR) is 103 cm³/mol. The van der Waals surface area contributed by atoms with E-state index in [9.17, 15) is 18.4 Å². The molecule has 0 unspecified atom stereocenters. The van der Waals surface area contributed by atoms with Gasteiger partial charge >= 0.3 is 0 Å². The Morgan fingerprint density at radius 2 is 1.75 bits per heavy atom. The number of alkyl halides is 2. The molecule has 3 rings (SSSR count). The Morgan fingerprint density at radius 3 is 2.43 bits per heavy atom. The van der Waals surface area contributed by atoms with E-state index < -0.39 is 18.2 Å². The van der Waals surface area contributed by atoms with E-state index in [2.05, 4.69) is 20.6 Å². The lowest BCUT2D eigenvalue weighted by Gasteiger charge is -2.11. The van der Waals surface area contributed by atoms with Crippen molar-refractivity contribution in [1.29, 1.82) is 0 Å². The molecule has 146 valence electrons. The third-order valence-corrected chi connectivity index (χ3v) is 4.20. The quantitative estimate of drug-likeness (QED) is 0.581. The summed E-state index contributed by atoms with van der Waals surface area (Å²) in [6.45, 7) is 3.67. The normalized spacial score (nSPS) is 11.2. The van der Waals surface area contributed by atoms with Crippen LogP contribution < -0.4 is 10.6 Å². The van der Waals surface area contributed by atoms with E-state index in [-0.39, 0.29) is 28.2 Å². The Hall–Kier alpha value is -3.00. The van der Waals surface area contributed by atoms with E-state index in [4.69, 9.17) is 11.6 Å². The van der Waals surface area contributed by atoms with Crippen LogP contribution in [0.1, 0.15) is 46.8 Å². The minimum Gasteiger partial charge on any atom is -0.350 e. The molecule has 6 nitrogen and oxygen atoms in total. The van der Waals surface area contributed by atoms with Gasteiger partial charge in [0.2, 0.25) is 0 Å². The number of aromatic nitrogens is 2. The van der Waals surface area contributed by atoms with E-state index in [0.29, 0.717) is 16.6 Å². The van der Waals surface area contributed by atoms with Crippen molar-refractivity contribution in [2.24, 2.45) is 0 Å². The first-order valence-electron chi connectivity index (χ1n) is 8.44. The summed E-state index contributed by atoms with van der Waals surface area (Å²) in [6.07, 6.45) is -2.73. The maximum Gasteiger partial charge on any atom is 0.295 e. The monoisotopic (exact) mass is 406 g/mol. The summed E-state index contributed by atoms with van der Waals surface area (Å²) < 4.78 is 25.5. The average molecular weight is 407 g/mol. The van der Waals surface area contributed by atoms with Crippen molar-refractivity contribution in [3.8, 4) is 0 Å². The molecule has 0 aliphatic carbocycles. The minimum absolute atomic E-state index is 0.0412. The molecule has 2 amide bonds. The van der Waals surface area contributed by atoms with Gasteiger partial charge in [-0.05, 0) is 50.2 Å². The molecule has 0 aliphatic heterocycles. The van der Waals surface area contributed by atoms with E-state index >= 15 is 0 Å². The molecule has 3 N–H and O–H groups in total. The molecule has 9 heteroatoms. The second kappa shape index (κ2) is 7.93. The molecule has 0 radical (unpaired) electrons. The molecule has 1 heterocycles. The Labute approximate surface area is 164 Å². The van der Waals surface area contributed by atoms with Gasteiger partial charge in [-0.3, -0.25) is 9.59 Å². The molecule has 1 aromatic heterocycles. The van der Waals surface area contributed by atoms with E-state index in [1.54, 1.807) is 6.07 Å². The number of aromatic amines is 1. The molecule has 0 atom stereocenters. The van der Waals surface area contributed by atoms with Crippen LogP contribution in [0.2, 0.25) is 5.02 Å². The van der Waals surface area contributed by atoms with E-state index in [0.717, 1.165) is 0 Å². The zero-order chi connectivity index (χ0) is 20.4. The second-order valence-electron chi connectivity index (χ2n) is 6.43. The number of rotatable bonds is 5. The van der Waals surface area contributed by atoms with E-state index in [1.807, 2.05) is 13.8 Å². The number of halogens is 3. The van der Waals surface area contributed by atoms with Crippen molar-refractivity contribution < 1.29 is 18.4 Å². The number of H-pyrrole nitrogens is 1. The van der Waals surface area contributed by atoms with Gasteiger partial charge in [-0.1, -0.05) is 11.6 Å². The van der Waals surface area contributed by atoms with Crippen LogP contribution in [0.25, 0.3) is 11.0 Å². The molecule has 0 saturated carbocycles. The summed E-state index contributed by atoms with van der Waals surface area (Å²) >= 11 is 6.13. The number of imidazole rings is 1. The van der Waals surface area contributed by atoms with Gasteiger partial charge in [0, 0.05) is 17.2 Å². The van der Waals surface area contributed by atoms with Crippen LogP contribution in [0.15, 0.2) is 36.4 Å². The first kappa shape index (κ1) is 19.8. The predicted octanol–water partition coefficient (Wildman–Crippen LogP) is 4.54. The summed E-state index contributed by atoms with van der Waals surface area (Å²) in [6, 6.07) is 8.87. The van der Waals surface area contributed by atoms with Gasteiger partial charge in [0.25, 0.3) is 18.2 Å². The number of carbonyl (C=O) groups excluding carboxylic acids is 2. The number of carbonyl (C=O) groups is 2. The van der Waals surface area contributed by atoms with Crippen molar-refractivity contribution in [3.63, 3.8) is 0 Å². The zero-order valence-corrected chi connectivity index (χ0v) is 15.8. The molecular weight excluding hydrogens is 390 g/mol. The third kappa shape index (κ3) is 4.28. The second-order valence-corrected chi connectivity index (χ2v) is 6.84. The molecular formula is C19H17ClF2N4O2. The van der Waals surface area contributed by atoms with Crippen LogP contribution in [0.4, 0.5) is 14.5 Å². The fraction of sp³-hybridized carbons (Fsp3) is 0.211. The highest BCUT2D eigenvalue weighted by atomic mass is 35.5. The fourth-order valence-corrected chi connectivity index (χ4v) is 2.74. The van der Waals surface area contributed by atoms with Gasteiger partial charge in [-0.2, -0.15) is 0 Å². The third-order valence-electron chi connectivity index (χ3n) is 3.87. The summed E-state index contributed by atoms with van der Waals surface area (Å²) in [4.78, 5) is 30.9. The molecule has 2 aromatic carbocycles. The standard InChI is InChI=1S/C19H17ClF2N4O2/c1-9(2)23-18(27)10-3-5-12(20)14(7-10)26-19(28)11-4-6-13-15(8-11)25-17(24-13)16(21)22/h3-9,16H,1-2H3,(H,23,27)(H,24,25)(H,26,28). The molecule has 0 spiro atoms. The van der Waals surface area contributed by atoms with Crippen molar-refractivity contribution in [2.45, 2.75) is 26.3 Å². The van der Waals surface area contributed by atoms with Crippen LogP contribution in [0.3, 0.4) is 0 Å². The van der Waals surface area contributed by atoms with Gasteiger partial charge < -0.3 is 15.6 Å². The highest BCUT2D eigenvalue weighted by Crippen LogP contribution is 2.25. The minimum atomic E-state index is -2.73. The Bertz CT molecular complexity index is 1050. The van der Waals surface area contributed by atoms with Gasteiger partial charge in [0.15, 0.2) is 5.82 Å². The fourth-order valence-electron chi connectivity index (χ4n) is 2.58. The summed E-state index contributed by atoms with van der Waals surface area (Å²) in [5, 5.41) is 5.65. The Kier molecular flexibility index (Phi) is 5.60. The number of hydrogen-bond acceptors (Lipinski definition) is 3. The summed E-state index contributed by atoms with van der Waals surface area (Å²) in [5.41, 5.74) is 1.49. The highest BCUT2D eigenvalue weighted by molar-refractivity contribution is 6.34. The van der Waals surface area contributed by atoms with E-state index in [1.165, 1.54) is 30.3 Å². The van der Waals surface area contributed by atoms with Gasteiger partial charge in [0.1, 0.15) is 0 Å². The average Bonchev–Trinajstić information content (AvgIpc) is 3.06. The molecule has 0 bridgehead atoms. The van der Waals surface area contributed by atoms with Gasteiger partial charge in [-0.15, -0.1) is 0 Å². The summed E-state index contributed by atoms with van der Waals surface area (Å²) in [5.74, 6) is -1.25. The van der Waals surface area contributed by atoms with Crippen LogP contribution >= 0.6 is 11.6 Å². The first-order chi connectivity index (χ1) is 13.2. The van der Waals surface area contributed by atoms with Crippen LogP contribution in [-0.4, -0.2) is 27.8 Å². The van der Waals surface area contributed by atoms with Crippen molar-refractivity contribution in [1.82, 2.24) is 15.3 Å². The lowest BCUT2D eigenvalue weighted by atomic mass is 10.1. The van der Waals surface area contributed by atoms with Crippen molar-refractivity contribution in [2.75, 3.05) is 5.32 Å². The molecule has 28 heavy (non-hydrogen) atoms. The maximum absolute atomic E-state index is 12.8. The molecule has 0 aliphatic rings. The smallest absolute Gasteiger partial charge is 0.295 e. The van der Waals surface area contributed by atoms with Crippen LogP contribution in [-0.2, 0) is 0 Å². The Morgan fingerprint density at radius 1 is 1.07 bits per heavy atom. The number of benzene rings is 2. The highest BCUT2D eigenvalue weighted by Gasteiger charge is 2.16. The zero-order valence-electron chi connectivity index (χ0n) is 15.0. The maximum atomic E-state index is 12.8. The summed E-state index contributed by atoms with van der Waals surface area (Å²) in [7, 11) is 0. The number of amides is 2. The van der Waals surface area contributed by atoms with Gasteiger partial charge in [-0.25, -0.2) is 13.8 Å². The van der Waals surface area contributed by atoms with Crippen LogP contribution in [0.5, 0.6) is 0 Å². The molecule has 3 aromatic rings. The number of nitrogens with one attached hydrogen (secondary N) is 3. The van der Waals surface area contributed by atoms with Crippen molar-refractivity contribution >= 4 is 40.1 Å². The van der Waals surface area contributed by atoms with Crippen LogP contribution in [0, 0.1) is 0 Å².